The minimum absolute atomic E-state index is 0.120. The first-order chi connectivity index (χ1) is 15.6. The predicted octanol–water partition coefficient (Wildman–Crippen LogP) is 4.75. The van der Waals surface area contributed by atoms with Gasteiger partial charge in [-0.15, -0.1) is 0 Å². The molecule has 0 radical (unpaired) electrons. The van der Waals surface area contributed by atoms with E-state index in [4.69, 9.17) is 4.74 Å². The molecule has 6 nitrogen and oxygen atoms in total. The Balaban J connectivity index is 1.79. The Bertz CT molecular complexity index is 965. The van der Waals surface area contributed by atoms with E-state index in [1.54, 1.807) is 19.3 Å². The molecule has 33 heavy (non-hydrogen) atoms. The molecule has 1 aromatic carbocycles. The summed E-state index contributed by atoms with van der Waals surface area (Å²) in [4.78, 5) is 16.1. The zero-order chi connectivity index (χ0) is 24.3. The van der Waals surface area contributed by atoms with E-state index in [2.05, 4.69) is 9.71 Å². The number of esters is 1. The van der Waals surface area contributed by atoms with Crippen molar-refractivity contribution in [3.8, 4) is 0 Å². The highest BCUT2D eigenvalue weighted by Gasteiger charge is 2.30. The molecule has 0 saturated heterocycles. The molecular weight excluding hydrogens is 457 g/mol. The van der Waals surface area contributed by atoms with Gasteiger partial charge in [0, 0.05) is 18.9 Å². The van der Waals surface area contributed by atoms with Crippen molar-refractivity contribution in [2.45, 2.75) is 56.5 Å². The van der Waals surface area contributed by atoms with Gasteiger partial charge < -0.3 is 4.74 Å². The van der Waals surface area contributed by atoms with Gasteiger partial charge in [0.05, 0.1) is 23.0 Å². The van der Waals surface area contributed by atoms with E-state index in [0.29, 0.717) is 32.3 Å². The maximum absolute atomic E-state index is 12.6. The van der Waals surface area contributed by atoms with Gasteiger partial charge in [-0.1, -0.05) is 12.5 Å². The van der Waals surface area contributed by atoms with Crippen LogP contribution in [0.5, 0.6) is 0 Å². The number of carbonyl (C=O) groups is 1. The van der Waals surface area contributed by atoms with Crippen molar-refractivity contribution >= 4 is 16.0 Å². The van der Waals surface area contributed by atoms with Crippen LogP contribution in [0, 0.1) is 5.92 Å². The summed E-state index contributed by atoms with van der Waals surface area (Å²) in [6.45, 7) is 2.17. The number of pyridine rings is 1. The smallest absolute Gasteiger partial charge is 0.416 e. The Morgan fingerprint density at radius 2 is 1.79 bits per heavy atom. The van der Waals surface area contributed by atoms with Gasteiger partial charge in [-0.3, -0.25) is 9.78 Å². The first-order valence-corrected chi connectivity index (χ1v) is 12.3. The fourth-order valence-corrected chi connectivity index (χ4v) is 4.44. The molecule has 0 aliphatic heterocycles. The van der Waals surface area contributed by atoms with Crippen LogP contribution >= 0.6 is 0 Å². The van der Waals surface area contributed by atoms with Crippen LogP contribution in [-0.2, 0) is 32.2 Å². The number of sulfonamides is 1. The molecule has 0 amide bonds. The first kappa shape index (κ1) is 26.8. The van der Waals surface area contributed by atoms with E-state index in [-0.39, 0.29) is 23.3 Å². The number of alkyl halides is 3. The van der Waals surface area contributed by atoms with Crippen molar-refractivity contribution in [2.24, 2.45) is 5.92 Å². The first-order valence-electron chi connectivity index (χ1n) is 10.9. The summed E-state index contributed by atoms with van der Waals surface area (Å²) in [6, 6.07) is 7.20. The third-order valence-electron chi connectivity index (χ3n) is 5.12. The second-order valence-electron chi connectivity index (χ2n) is 7.62. The molecule has 1 N–H and O–H groups in total. The highest BCUT2D eigenvalue weighted by atomic mass is 32.2. The summed E-state index contributed by atoms with van der Waals surface area (Å²) in [5.41, 5.74) is 0.188. The number of nitrogens with zero attached hydrogens (tertiary/aromatic N) is 1. The highest BCUT2D eigenvalue weighted by Crippen LogP contribution is 2.29. The molecule has 182 valence electrons. The zero-order valence-corrected chi connectivity index (χ0v) is 19.3. The van der Waals surface area contributed by atoms with Crippen molar-refractivity contribution in [1.29, 1.82) is 0 Å². The van der Waals surface area contributed by atoms with Gasteiger partial charge in [0.25, 0.3) is 0 Å². The van der Waals surface area contributed by atoms with Crippen molar-refractivity contribution < 1.29 is 31.1 Å². The Kier molecular flexibility index (Phi) is 10.3. The van der Waals surface area contributed by atoms with Gasteiger partial charge in [-0.05, 0) is 74.9 Å². The van der Waals surface area contributed by atoms with Crippen LogP contribution in [0.15, 0.2) is 53.7 Å². The molecule has 2 rings (SSSR count). The second-order valence-corrected chi connectivity index (χ2v) is 9.39. The molecule has 2 aromatic rings. The number of aromatic nitrogens is 1. The van der Waals surface area contributed by atoms with E-state index in [1.165, 1.54) is 0 Å². The lowest BCUT2D eigenvalue weighted by Crippen LogP contribution is -2.25. The van der Waals surface area contributed by atoms with E-state index in [1.807, 2.05) is 12.1 Å². The largest absolute Gasteiger partial charge is 0.466 e. The lowest BCUT2D eigenvalue weighted by Gasteiger charge is -2.15. The summed E-state index contributed by atoms with van der Waals surface area (Å²) in [7, 11) is -3.91. The third kappa shape index (κ3) is 9.13. The average molecular weight is 487 g/mol. The summed E-state index contributed by atoms with van der Waals surface area (Å²) in [5.74, 6) is -0.526. The minimum atomic E-state index is -4.52. The zero-order valence-electron chi connectivity index (χ0n) is 18.5. The Labute approximate surface area is 192 Å². The topological polar surface area (TPSA) is 85.4 Å². The standard InChI is InChI=1S/C23H29F3N2O4S/c1-2-32-22(29)19(10-5-7-18-8-6-15-27-17-18)9-3-4-16-28-33(30,31)21-13-11-20(12-14-21)23(24,25)26/h6,8,11-15,17,19,28H,2-5,7,9-10,16H2,1H3. The average Bonchev–Trinajstić information content (AvgIpc) is 2.78. The number of nitrogens with one attached hydrogen (secondary N) is 1. The normalized spacial score (nSPS) is 13.0. The van der Waals surface area contributed by atoms with Crippen molar-refractivity contribution in [3.05, 3.63) is 59.9 Å². The van der Waals surface area contributed by atoms with Crippen molar-refractivity contribution in [1.82, 2.24) is 9.71 Å². The van der Waals surface area contributed by atoms with Crippen LogP contribution in [0.4, 0.5) is 13.2 Å². The van der Waals surface area contributed by atoms with Gasteiger partial charge >= 0.3 is 12.1 Å². The Morgan fingerprint density at radius 3 is 2.39 bits per heavy atom. The molecule has 1 atom stereocenters. The fraction of sp³-hybridized carbons (Fsp3) is 0.478. The van der Waals surface area contributed by atoms with E-state index in [0.717, 1.165) is 42.7 Å². The molecule has 0 bridgehead atoms. The number of rotatable bonds is 13. The third-order valence-corrected chi connectivity index (χ3v) is 6.60. The summed E-state index contributed by atoms with van der Waals surface area (Å²) >= 11 is 0. The minimum Gasteiger partial charge on any atom is -0.466 e. The lowest BCUT2D eigenvalue weighted by atomic mass is 9.95. The molecule has 1 unspecified atom stereocenters. The van der Waals surface area contributed by atoms with Crippen LogP contribution in [0.1, 0.15) is 50.2 Å². The number of unbranched alkanes of at least 4 members (excludes halogenated alkanes) is 1. The number of benzene rings is 1. The molecule has 0 aliphatic carbocycles. The van der Waals surface area contributed by atoms with Gasteiger partial charge in [0.1, 0.15) is 0 Å². The summed E-state index contributed by atoms with van der Waals surface area (Å²) in [6.07, 6.45) is 2.89. The van der Waals surface area contributed by atoms with Gasteiger partial charge in [0.15, 0.2) is 0 Å². The monoisotopic (exact) mass is 486 g/mol. The van der Waals surface area contributed by atoms with Gasteiger partial charge in [-0.2, -0.15) is 13.2 Å². The Morgan fingerprint density at radius 1 is 1.09 bits per heavy atom. The van der Waals surface area contributed by atoms with Crippen LogP contribution in [0.25, 0.3) is 0 Å². The molecular formula is C23H29F3N2O4S. The van der Waals surface area contributed by atoms with E-state index < -0.39 is 21.8 Å². The molecule has 0 saturated carbocycles. The maximum Gasteiger partial charge on any atom is 0.416 e. The molecule has 0 aliphatic rings. The number of ether oxygens (including phenoxy) is 1. The molecule has 1 aromatic heterocycles. The quantitative estimate of drug-likeness (QED) is 0.326. The Hall–Kier alpha value is -2.46. The molecule has 0 fully saturated rings. The second kappa shape index (κ2) is 12.7. The van der Waals surface area contributed by atoms with Gasteiger partial charge in [0.2, 0.25) is 10.0 Å². The van der Waals surface area contributed by atoms with E-state index in [9.17, 15) is 26.4 Å². The summed E-state index contributed by atoms with van der Waals surface area (Å²) in [5, 5.41) is 0. The van der Waals surface area contributed by atoms with E-state index >= 15 is 0 Å². The number of halogens is 3. The van der Waals surface area contributed by atoms with Crippen LogP contribution in [0.2, 0.25) is 0 Å². The molecule has 0 spiro atoms. The van der Waals surface area contributed by atoms with Gasteiger partial charge in [-0.25, -0.2) is 13.1 Å². The maximum atomic E-state index is 12.6. The van der Waals surface area contributed by atoms with Crippen LogP contribution < -0.4 is 4.72 Å². The predicted molar refractivity (Wildman–Crippen MR) is 118 cm³/mol. The van der Waals surface area contributed by atoms with Crippen molar-refractivity contribution in [3.63, 3.8) is 0 Å². The highest BCUT2D eigenvalue weighted by molar-refractivity contribution is 7.89. The molecule has 1 heterocycles. The summed E-state index contributed by atoms with van der Waals surface area (Å²) < 4.78 is 70.0. The fourth-order valence-electron chi connectivity index (χ4n) is 3.37. The van der Waals surface area contributed by atoms with Crippen LogP contribution in [-0.4, -0.2) is 32.5 Å². The SMILES string of the molecule is CCOC(=O)C(CCCCNS(=O)(=O)c1ccc(C(F)(F)F)cc1)CCCc1cccnc1. The molecule has 10 heteroatoms. The number of carbonyl (C=O) groups excluding carboxylic acids is 1. The number of hydrogen-bond donors (Lipinski definition) is 1. The van der Waals surface area contributed by atoms with Crippen LogP contribution in [0.3, 0.4) is 0 Å². The number of hydrogen-bond acceptors (Lipinski definition) is 5. The number of aryl methyl sites for hydroxylation is 1. The lowest BCUT2D eigenvalue weighted by molar-refractivity contribution is -0.148. The van der Waals surface area contributed by atoms with Crippen molar-refractivity contribution in [2.75, 3.05) is 13.2 Å².